The largest absolute Gasteiger partial charge is 0.396 e. The van der Waals surface area contributed by atoms with Crippen LogP contribution in [0, 0.1) is 0 Å². The van der Waals surface area contributed by atoms with Crippen molar-refractivity contribution in [2.75, 3.05) is 12.4 Å². The Hall–Kier alpha value is -1.40. The first kappa shape index (κ1) is 11.7. The van der Waals surface area contributed by atoms with Gasteiger partial charge in [-0.05, 0) is 25.0 Å². The Morgan fingerprint density at radius 3 is 2.72 bits per heavy atom. The third-order valence-corrected chi connectivity index (χ3v) is 3.76. The van der Waals surface area contributed by atoms with Crippen LogP contribution in [-0.4, -0.2) is 37.2 Å². The van der Waals surface area contributed by atoms with Crippen molar-refractivity contribution in [3.8, 4) is 11.4 Å². The summed E-state index contributed by atoms with van der Waals surface area (Å²) in [5, 5.41) is 18.3. The van der Waals surface area contributed by atoms with Crippen LogP contribution in [-0.2, 0) is 0 Å². The molecule has 0 aliphatic heterocycles. The van der Waals surface area contributed by atoms with Crippen LogP contribution in [0.2, 0.25) is 0 Å². The van der Waals surface area contributed by atoms with Crippen LogP contribution in [0.15, 0.2) is 29.7 Å². The van der Waals surface area contributed by atoms with Crippen LogP contribution < -0.4 is 0 Å². The molecule has 3 rings (SSSR count). The van der Waals surface area contributed by atoms with Crippen molar-refractivity contribution in [1.82, 2.24) is 19.7 Å². The second kappa shape index (κ2) is 5.07. The molecule has 2 aromatic heterocycles. The lowest BCUT2D eigenvalue weighted by Crippen LogP contribution is -2.00. The fourth-order valence-corrected chi connectivity index (χ4v) is 2.62. The summed E-state index contributed by atoms with van der Waals surface area (Å²) in [5.74, 6) is 1.56. The van der Waals surface area contributed by atoms with Gasteiger partial charge in [0.15, 0.2) is 11.0 Å². The van der Waals surface area contributed by atoms with E-state index in [-0.39, 0.29) is 6.61 Å². The molecule has 1 saturated carbocycles. The van der Waals surface area contributed by atoms with E-state index >= 15 is 0 Å². The third-order valence-electron chi connectivity index (χ3n) is 2.84. The molecular weight excluding hydrogens is 248 g/mol. The highest BCUT2D eigenvalue weighted by Gasteiger charge is 2.29. The van der Waals surface area contributed by atoms with Crippen LogP contribution >= 0.6 is 11.8 Å². The van der Waals surface area contributed by atoms with Crippen LogP contribution in [0.25, 0.3) is 11.4 Å². The smallest absolute Gasteiger partial charge is 0.191 e. The summed E-state index contributed by atoms with van der Waals surface area (Å²) in [5.41, 5.74) is 1.04. The van der Waals surface area contributed by atoms with Crippen LogP contribution in [0.3, 0.4) is 0 Å². The molecule has 6 heteroatoms. The average molecular weight is 262 g/mol. The van der Waals surface area contributed by atoms with Crippen molar-refractivity contribution in [2.45, 2.75) is 24.0 Å². The molecule has 0 radical (unpaired) electrons. The summed E-state index contributed by atoms with van der Waals surface area (Å²) >= 11 is 1.55. The molecule has 2 heterocycles. The summed E-state index contributed by atoms with van der Waals surface area (Å²) in [6.45, 7) is 0.160. The van der Waals surface area contributed by atoms with Gasteiger partial charge in [-0.15, -0.1) is 10.2 Å². The second-order valence-electron chi connectivity index (χ2n) is 4.22. The van der Waals surface area contributed by atoms with Gasteiger partial charge in [0.05, 0.1) is 6.61 Å². The van der Waals surface area contributed by atoms with Crippen LogP contribution in [0.5, 0.6) is 0 Å². The van der Waals surface area contributed by atoms with E-state index in [9.17, 15) is 0 Å². The number of nitrogens with zero attached hydrogens (tertiary/aromatic N) is 4. The lowest BCUT2D eigenvalue weighted by atomic mass is 10.2. The van der Waals surface area contributed by atoms with Crippen LogP contribution in [0.4, 0.5) is 0 Å². The molecule has 1 aliphatic rings. The first-order valence-corrected chi connectivity index (χ1v) is 6.97. The summed E-state index contributed by atoms with van der Waals surface area (Å²) in [6.07, 6.45) is 5.90. The van der Waals surface area contributed by atoms with E-state index in [2.05, 4.69) is 19.7 Å². The Labute approximate surface area is 109 Å². The molecule has 1 fully saturated rings. The maximum Gasteiger partial charge on any atom is 0.191 e. The normalized spacial score (nSPS) is 14.9. The minimum atomic E-state index is 0.160. The minimum absolute atomic E-state index is 0.160. The predicted octanol–water partition coefficient (Wildman–Crippen LogP) is 1.76. The highest BCUT2D eigenvalue weighted by atomic mass is 32.2. The first-order chi connectivity index (χ1) is 8.90. The van der Waals surface area contributed by atoms with Gasteiger partial charge in [0.2, 0.25) is 0 Å². The highest BCUT2D eigenvalue weighted by molar-refractivity contribution is 7.99. The zero-order valence-electron chi connectivity index (χ0n) is 9.86. The van der Waals surface area contributed by atoms with Crippen molar-refractivity contribution in [1.29, 1.82) is 0 Å². The Morgan fingerprint density at radius 1 is 1.28 bits per heavy atom. The van der Waals surface area contributed by atoms with Crippen LogP contribution in [0.1, 0.15) is 18.9 Å². The minimum Gasteiger partial charge on any atom is -0.396 e. The van der Waals surface area contributed by atoms with Gasteiger partial charge in [0.25, 0.3) is 0 Å². The molecule has 5 nitrogen and oxygen atoms in total. The van der Waals surface area contributed by atoms with Crippen molar-refractivity contribution in [3.05, 3.63) is 24.5 Å². The van der Waals surface area contributed by atoms with Gasteiger partial charge in [-0.25, -0.2) is 0 Å². The Balaban J connectivity index is 1.97. The van der Waals surface area contributed by atoms with Crippen molar-refractivity contribution >= 4 is 11.8 Å². The maximum atomic E-state index is 8.91. The molecule has 1 aliphatic carbocycles. The van der Waals surface area contributed by atoms with E-state index in [0.717, 1.165) is 16.5 Å². The molecule has 18 heavy (non-hydrogen) atoms. The molecule has 0 spiro atoms. The van der Waals surface area contributed by atoms with E-state index in [1.165, 1.54) is 12.8 Å². The van der Waals surface area contributed by atoms with Crippen molar-refractivity contribution < 1.29 is 5.11 Å². The number of hydrogen-bond acceptors (Lipinski definition) is 5. The topological polar surface area (TPSA) is 63.8 Å². The van der Waals surface area contributed by atoms with Gasteiger partial charge >= 0.3 is 0 Å². The number of aromatic nitrogens is 4. The SMILES string of the molecule is OCCSc1nnc(-c2ccncc2)n1C1CC1. The number of hydrogen-bond donors (Lipinski definition) is 1. The summed E-state index contributed by atoms with van der Waals surface area (Å²) in [6, 6.07) is 4.41. The molecule has 0 aromatic carbocycles. The molecule has 2 aromatic rings. The zero-order valence-corrected chi connectivity index (χ0v) is 10.7. The Kier molecular flexibility index (Phi) is 3.29. The highest BCUT2D eigenvalue weighted by Crippen LogP contribution is 2.40. The number of aliphatic hydroxyl groups excluding tert-OH is 1. The fourth-order valence-electron chi connectivity index (χ4n) is 1.87. The summed E-state index contributed by atoms with van der Waals surface area (Å²) in [7, 11) is 0. The standard InChI is InChI=1S/C12H14N4OS/c17-7-8-18-12-15-14-11(16(12)10-1-2-10)9-3-5-13-6-4-9/h3-6,10,17H,1-2,7-8H2. The monoisotopic (exact) mass is 262 g/mol. The quantitative estimate of drug-likeness (QED) is 0.832. The number of pyridine rings is 1. The lowest BCUT2D eigenvalue weighted by Gasteiger charge is -2.07. The molecule has 1 N–H and O–H groups in total. The van der Waals surface area contributed by atoms with Crippen molar-refractivity contribution in [2.24, 2.45) is 0 Å². The maximum absolute atomic E-state index is 8.91. The van der Waals surface area contributed by atoms with E-state index in [4.69, 9.17) is 5.11 Å². The fraction of sp³-hybridized carbons (Fsp3) is 0.417. The van der Waals surface area contributed by atoms with Gasteiger partial charge in [0.1, 0.15) is 0 Å². The van der Waals surface area contributed by atoms with Gasteiger partial charge in [-0.2, -0.15) is 0 Å². The van der Waals surface area contributed by atoms with Crippen molar-refractivity contribution in [3.63, 3.8) is 0 Å². The zero-order chi connectivity index (χ0) is 12.4. The van der Waals surface area contributed by atoms with Gasteiger partial charge in [-0.1, -0.05) is 11.8 Å². The first-order valence-electron chi connectivity index (χ1n) is 5.99. The third kappa shape index (κ3) is 2.26. The van der Waals surface area contributed by atoms with Gasteiger partial charge in [-0.3, -0.25) is 9.55 Å². The van der Waals surface area contributed by atoms with E-state index in [1.54, 1.807) is 24.2 Å². The lowest BCUT2D eigenvalue weighted by molar-refractivity contribution is 0.322. The molecular formula is C12H14N4OS. The number of aliphatic hydroxyl groups is 1. The molecule has 94 valence electrons. The molecule has 0 atom stereocenters. The van der Waals surface area contributed by atoms with E-state index < -0.39 is 0 Å². The molecule has 0 bridgehead atoms. The molecule has 0 saturated heterocycles. The van der Waals surface area contributed by atoms with Gasteiger partial charge < -0.3 is 5.11 Å². The summed E-state index contributed by atoms with van der Waals surface area (Å²) < 4.78 is 2.19. The summed E-state index contributed by atoms with van der Waals surface area (Å²) in [4.78, 5) is 4.02. The van der Waals surface area contributed by atoms with E-state index in [0.29, 0.717) is 11.8 Å². The average Bonchev–Trinajstić information content (AvgIpc) is 3.17. The predicted molar refractivity (Wildman–Crippen MR) is 69.3 cm³/mol. The van der Waals surface area contributed by atoms with Gasteiger partial charge in [0, 0.05) is 29.8 Å². The molecule has 0 amide bonds. The second-order valence-corrected chi connectivity index (χ2v) is 5.28. The molecule has 0 unspecified atom stereocenters. The Bertz CT molecular complexity index is 524. The Morgan fingerprint density at radius 2 is 2.06 bits per heavy atom. The number of rotatable bonds is 5. The number of thioether (sulfide) groups is 1. The van der Waals surface area contributed by atoms with E-state index in [1.807, 2.05) is 12.1 Å².